The first kappa shape index (κ1) is 12.9. The van der Waals surface area contributed by atoms with Crippen LogP contribution in [0.2, 0.25) is 0 Å². The number of hydrogen-bond donors (Lipinski definition) is 1. The Balaban J connectivity index is 2.37. The molecule has 0 aromatic heterocycles. The van der Waals surface area contributed by atoms with Crippen LogP contribution >= 0.6 is 11.8 Å². The second kappa shape index (κ2) is 4.77. The summed E-state index contributed by atoms with van der Waals surface area (Å²) in [7, 11) is 0. The Labute approximate surface area is 98.3 Å². The van der Waals surface area contributed by atoms with Gasteiger partial charge in [-0.2, -0.15) is 0 Å². The second-order valence-electron chi connectivity index (χ2n) is 5.83. The van der Waals surface area contributed by atoms with E-state index in [2.05, 4.69) is 44.9 Å². The lowest BCUT2D eigenvalue weighted by Gasteiger charge is -2.21. The van der Waals surface area contributed by atoms with Gasteiger partial charge in [0, 0.05) is 17.8 Å². The summed E-state index contributed by atoms with van der Waals surface area (Å²) < 4.78 is 0. The van der Waals surface area contributed by atoms with Crippen molar-refractivity contribution in [2.75, 3.05) is 12.3 Å². The number of aliphatic imine (C=N–C) groups is 1. The Kier molecular flexibility index (Phi) is 4.10. The monoisotopic (exact) mass is 228 g/mol. The lowest BCUT2D eigenvalue weighted by Crippen LogP contribution is -2.39. The van der Waals surface area contributed by atoms with Crippen LogP contribution in [0.5, 0.6) is 0 Å². The molecule has 1 unspecified atom stereocenters. The third-order valence-electron chi connectivity index (χ3n) is 2.83. The lowest BCUT2D eigenvalue weighted by atomic mass is 9.93. The van der Waals surface area contributed by atoms with Crippen molar-refractivity contribution in [3.05, 3.63) is 0 Å². The van der Waals surface area contributed by atoms with Gasteiger partial charge in [-0.25, -0.2) is 0 Å². The van der Waals surface area contributed by atoms with E-state index in [1.165, 1.54) is 0 Å². The number of hydrogen-bond acceptors (Lipinski definition) is 2. The van der Waals surface area contributed by atoms with Gasteiger partial charge in [0.1, 0.15) is 0 Å². The van der Waals surface area contributed by atoms with Gasteiger partial charge in [-0.3, -0.25) is 4.99 Å². The molecule has 1 aliphatic heterocycles. The molecule has 0 spiro atoms. The van der Waals surface area contributed by atoms with E-state index in [0.717, 1.165) is 30.3 Å². The number of amidine groups is 1. The van der Waals surface area contributed by atoms with Gasteiger partial charge in [0.25, 0.3) is 0 Å². The Morgan fingerprint density at radius 2 is 2.13 bits per heavy atom. The average Bonchev–Trinajstić information content (AvgIpc) is 2.47. The van der Waals surface area contributed by atoms with E-state index >= 15 is 0 Å². The minimum atomic E-state index is 0.269. The van der Waals surface area contributed by atoms with Crippen LogP contribution < -0.4 is 5.32 Å². The maximum atomic E-state index is 4.62. The van der Waals surface area contributed by atoms with Crippen LogP contribution in [0, 0.1) is 5.41 Å². The topological polar surface area (TPSA) is 24.4 Å². The molecule has 15 heavy (non-hydrogen) atoms. The van der Waals surface area contributed by atoms with Crippen LogP contribution in [-0.4, -0.2) is 23.0 Å². The minimum Gasteiger partial charge on any atom is -0.359 e. The largest absolute Gasteiger partial charge is 0.359 e. The Hall–Kier alpha value is -0.180. The second-order valence-corrected chi connectivity index (χ2v) is 6.79. The van der Waals surface area contributed by atoms with E-state index < -0.39 is 0 Å². The number of thioether (sulfide) groups is 1. The van der Waals surface area contributed by atoms with E-state index in [9.17, 15) is 0 Å². The van der Waals surface area contributed by atoms with Crippen LogP contribution in [0.1, 0.15) is 47.5 Å². The third-order valence-corrected chi connectivity index (χ3v) is 4.12. The maximum absolute atomic E-state index is 4.62. The van der Waals surface area contributed by atoms with Crippen LogP contribution in [0.15, 0.2) is 4.99 Å². The summed E-state index contributed by atoms with van der Waals surface area (Å²) in [6, 6.07) is 0. The van der Waals surface area contributed by atoms with Gasteiger partial charge in [-0.15, -0.1) is 0 Å². The van der Waals surface area contributed by atoms with Crippen molar-refractivity contribution >= 4 is 16.9 Å². The molecule has 2 nitrogen and oxygen atoms in total. The predicted molar refractivity (Wildman–Crippen MR) is 70.7 cm³/mol. The molecular formula is C12H24N2S. The molecule has 1 N–H and O–H groups in total. The summed E-state index contributed by atoms with van der Waals surface area (Å²) in [4.78, 5) is 4.62. The molecule has 0 radical (unpaired) electrons. The van der Waals surface area contributed by atoms with Crippen molar-refractivity contribution in [3.8, 4) is 0 Å². The zero-order chi connectivity index (χ0) is 11.5. The van der Waals surface area contributed by atoms with Crippen LogP contribution in [0.4, 0.5) is 0 Å². The first-order chi connectivity index (χ1) is 6.85. The van der Waals surface area contributed by atoms with Gasteiger partial charge in [-0.1, -0.05) is 39.5 Å². The molecule has 1 atom stereocenters. The van der Waals surface area contributed by atoms with Crippen molar-refractivity contribution < 1.29 is 0 Å². The number of nitrogens with one attached hydrogen (secondary N) is 1. The zero-order valence-corrected chi connectivity index (χ0v) is 11.5. The van der Waals surface area contributed by atoms with Crippen LogP contribution in [0.3, 0.4) is 0 Å². The average molecular weight is 228 g/mol. The summed E-state index contributed by atoms with van der Waals surface area (Å²) in [5.41, 5.74) is 0.659. The summed E-state index contributed by atoms with van der Waals surface area (Å²) in [6.07, 6.45) is 2.32. The SMILES string of the molecule is CCC1(C)CSC(=NCCC(C)(C)C)N1. The summed E-state index contributed by atoms with van der Waals surface area (Å²) in [5, 5.41) is 4.66. The molecule has 0 aliphatic carbocycles. The summed E-state index contributed by atoms with van der Waals surface area (Å²) in [5.74, 6) is 1.15. The molecular weight excluding hydrogens is 204 g/mol. The molecule has 1 heterocycles. The van der Waals surface area contributed by atoms with Gasteiger partial charge in [0.15, 0.2) is 5.17 Å². The quantitative estimate of drug-likeness (QED) is 0.801. The molecule has 1 fully saturated rings. The fourth-order valence-corrected chi connectivity index (χ4v) is 2.56. The van der Waals surface area contributed by atoms with Crippen molar-refractivity contribution in [3.63, 3.8) is 0 Å². The molecule has 1 saturated heterocycles. The van der Waals surface area contributed by atoms with Crippen molar-refractivity contribution in [1.29, 1.82) is 0 Å². The van der Waals surface area contributed by atoms with Gasteiger partial charge in [-0.05, 0) is 25.2 Å². The maximum Gasteiger partial charge on any atom is 0.157 e. The van der Waals surface area contributed by atoms with E-state index in [4.69, 9.17) is 0 Å². The van der Waals surface area contributed by atoms with Gasteiger partial charge >= 0.3 is 0 Å². The van der Waals surface area contributed by atoms with Crippen molar-refractivity contribution in [2.45, 2.75) is 53.0 Å². The minimum absolute atomic E-state index is 0.269. The van der Waals surface area contributed by atoms with Crippen LogP contribution in [-0.2, 0) is 0 Å². The lowest BCUT2D eigenvalue weighted by molar-refractivity contribution is 0.385. The van der Waals surface area contributed by atoms with E-state index in [1.54, 1.807) is 0 Å². The van der Waals surface area contributed by atoms with Crippen molar-refractivity contribution in [1.82, 2.24) is 5.32 Å². The van der Waals surface area contributed by atoms with Gasteiger partial charge in [0.2, 0.25) is 0 Å². The van der Waals surface area contributed by atoms with Crippen molar-refractivity contribution in [2.24, 2.45) is 10.4 Å². The highest BCUT2D eigenvalue weighted by molar-refractivity contribution is 8.14. The standard InChI is InChI=1S/C12H24N2S/c1-6-12(5)9-15-10(14-12)13-8-7-11(2,3)4/h6-9H2,1-5H3,(H,13,14). The van der Waals surface area contributed by atoms with E-state index in [-0.39, 0.29) is 5.54 Å². The number of rotatable bonds is 3. The third kappa shape index (κ3) is 4.45. The molecule has 88 valence electrons. The molecule has 0 bridgehead atoms. The fraction of sp³-hybridized carbons (Fsp3) is 0.917. The fourth-order valence-electron chi connectivity index (χ4n) is 1.33. The Morgan fingerprint density at radius 3 is 2.60 bits per heavy atom. The Morgan fingerprint density at radius 1 is 1.47 bits per heavy atom. The molecule has 0 amide bonds. The highest BCUT2D eigenvalue weighted by Gasteiger charge is 2.30. The number of nitrogens with zero attached hydrogens (tertiary/aromatic N) is 1. The van der Waals surface area contributed by atoms with E-state index in [0.29, 0.717) is 5.41 Å². The zero-order valence-electron chi connectivity index (χ0n) is 10.7. The molecule has 1 rings (SSSR count). The normalized spacial score (nSPS) is 29.5. The molecule has 3 heteroatoms. The Bertz CT molecular complexity index is 242. The highest BCUT2D eigenvalue weighted by atomic mass is 32.2. The predicted octanol–water partition coefficient (Wildman–Crippen LogP) is 3.28. The van der Waals surface area contributed by atoms with Gasteiger partial charge in [0.05, 0.1) is 0 Å². The summed E-state index contributed by atoms with van der Waals surface area (Å²) >= 11 is 1.86. The summed E-state index contributed by atoms with van der Waals surface area (Å²) in [6.45, 7) is 12.2. The highest BCUT2D eigenvalue weighted by Crippen LogP contribution is 2.26. The van der Waals surface area contributed by atoms with Crippen LogP contribution in [0.25, 0.3) is 0 Å². The molecule has 0 aromatic carbocycles. The molecule has 0 aromatic rings. The molecule has 0 saturated carbocycles. The van der Waals surface area contributed by atoms with Gasteiger partial charge < -0.3 is 5.32 Å². The van der Waals surface area contributed by atoms with E-state index in [1.807, 2.05) is 11.8 Å². The smallest absolute Gasteiger partial charge is 0.157 e. The first-order valence-corrected chi connectivity index (χ1v) is 6.79. The molecule has 1 aliphatic rings. The first-order valence-electron chi connectivity index (χ1n) is 5.80.